The van der Waals surface area contributed by atoms with Gasteiger partial charge in [0.2, 0.25) is 0 Å². The lowest BCUT2D eigenvalue weighted by Gasteiger charge is -2.07. The van der Waals surface area contributed by atoms with E-state index in [0.717, 1.165) is 0 Å². The van der Waals surface area contributed by atoms with Crippen LogP contribution in [-0.2, 0) is 4.79 Å². The molecule has 0 atom stereocenters. The van der Waals surface area contributed by atoms with Gasteiger partial charge in [-0.3, -0.25) is 4.79 Å². The number of amides is 1. The first-order valence-electron chi connectivity index (χ1n) is 5.61. The summed E-state index contributed by atoms with van der Waals surface area (Å²) in [6.45, 7) is -0.193. The number of halogens is 1. The van der Waals surface area contributed by atoms with Crippen molar-refractivity contribution in [1.29, 1.82) is 0 Å². The van der Waals surface area contributed by atoms with E-state index in [9.17, 15) is 9.18 Å². The van der Waals surface area contributed by atoms with E-state index in [1.165, 1.54) is 30.3 Å². The van der Waals surface area contributed by atoms with Crippen molar-refractivity contribution in [3.05, 3.63) is 54.3 Å². The first kappa shape index (κ1) is 12.9. The van der Waals surface area contributed by atoms with Gasteiger partial charge in [0, 0.05) is 5.69 Å². The molecule has 0 aromatic heterocycles. The smallest absolute Gasteiger partial charge is 0.262 e. The molecule has 0 saturated heterocycles. The average molecular weight is 261 g/mol. The number of carbonyl (C=O) groups excluding carboxylic acids is 1. The van der Waals surface area contributed by atoms with Crippen molar-refractivity contribution in [2.45, 2.75) is 0 Å². The highest BCUT2D eigenvalue weighted by molar-refractivity contribution is 5.91. The molecule has 2 rings (SSSR count). The summed E-state index contributed by atoms with van der Waals surface area (Å²) in [5, 5.41) is 11.6. The minimum atomic E-state index is -0.419. The predicted octanol–water partition coefficient (Wildman–Crippen LogP) is 2.55. The van der Waals surface area contributed by atoms with Crippen molar-refractivity contribution in [2.24, 2.45) is 0 Å². The Morgan fingerprint density at radius 2 is 1.95 bits per heavy atom. The first-order chi connectivity index (χ1) is 9.13. The lowest BCUT2D eigenvalue weighted by molar-refractivity contribution is -0.118. The van der Waals surface area contributed by atoms with Gasteiger partial charge in [-0.05, 0) is 42.5 Å². The Hall–Kier alpha value is -2.56. The molecule has 1 amide bonds. The lowest BCUT2D eigenvalue weighted by Crippen LogP contribution is -2.20. The van der Waals surface area contributed by atoms with Crippen molar-refractivity contribution in [2.75, 3.05) is 11.9 Å². The highest BCUT2D eigenvalue weighted by Crippen LogP contribution is 2.16. The zero-order chi connectivity index (χ0) is 13.7. The van der Waals surface area contributed by atoms with Crippen molar-refractivity contribution >= 4 is 11.6 Å². The second-order valence-corrected chi connectivity index (χ2v) is 3.84. The Balaban J connectivity index is 1.86. The number of carbonyl (C=O) groups is 1. The fourth-order valence-electron chi connectivity index (χ4n) is 1.45. The van der Waals surface area contributed by atoms with Gasteiger partial charge in [0.15, 0.2) is 6.61 Å². The van der Waals surface area contributed by atoms with Crippen LogP contribution in [0.4, 0.5) is 10.1 Å². The van der Waals surface area contributed by atoms with Gasteiger partial charge in [0.05, 0.1) is 0 Å². The number of hydrogen-bond acceptors (Lipinski definition) is 3. The summed E-state index contributed by atoms with van der Waals surface area (Å²) in [5.74, 6) is -0.223. The van der Waals surface area contributed by atoms with Gasteiger partial charge in [-0.1, -0.05) is 6.07 Å². The number of nitrogens with one attached hydrogen (secondary N) is 1. The molecule has 2 N–H and O–H groups in total. The maximum atomic E-state index is 12.9. The van der Waals surface area contributed by atoms with E-state index in [-0.39, 0.29) is 12.4 Å². The van der Waals surface area contributed by atoms with Crippen LogP contribution in [0.5, 0.6) is 11.5 Å². The van der Waals surface area contributed by atoms with Crippen LogP contribution in [0.1, 0.15) is 0 Å². The van der Waals surface area contributed by atoms with Crippen molar-refractivity contribution in [1.82, 2.24) is 0 Å². The number of benzene rings is 2. The van der Waals surface area contributed by atoms with Crippen molar-refractivity contribution in [3.8, 4) is 11.5 Å². The number of ether oxygens (including phenoxy) is 1. The molecule has 0 bridgehead atoms. The summed E-state index contributed by atoms with van der Waals surface area (Å²) < 4.78 is 18.1. The van der Waals surface area contributed by atoms with Gasteiger partial charge in [-0.2, -0.15) is 0 Å². The molecule has 98 valence electrons. The average Bonchev–Trinajstić information content (AvgIpc) is 2.38. The Kier molecular flexibility index (Phi) is 3.97. The third-order valence-corrected chi connectivity index (χ3v) is 2.32. The van der Waals surface area contributed by atoms with E-state index in [0.29, 0.717) is 11.4 Å². The molecule has 0 aliphatic carbocycles. The molecule has 0 fully saturated rings. The zero-order valence-electron chi connectivity index (χ0n) is 9.97. The standard InChI is InChI=1S/C14H12FNO3/c15-10-2-1-3-11(8-10)16-14(18)9-19-13-6-4-12(17)5-7-13/h1-8,17H,9H2,(H,16,18). The molecule has 19 heavy (non-hydrogen) atoms. The third-order valence-electron chi connectivity index (χ3n) is 2.32. The fourth-order valence-corrected chi connectivity index (χ4v) is 1.45. The second-order valence-electron chi connectivity index (χ2n) is 3.84. The molecule has 0 spiro atoms. The number of aromatic hydroxyl groups is 1. The fraction of sp³-hybridized carbons (Fsp3) is 0.0714. The highest BCUT2D eigenvalue weighted by atomic mass is 19.1. The first-order valence-corrected chi connectivity index (χ1v) is 5.61. The number of rotatable bonds is 4. The van der Waals surface area contributed by atoms with Crippen LogP contribution in [-0.4, -0.2) is 17.6 Å². The number of phenols is 1. The topological polar surface area (TPSA) is 58.6 Å². The molecule has 0 unspecified atom stereocenters. The van der Waals surface area contributed by atoms with Gasteiger partial charge in [-0.15, -0.1) is 0 Å². The number of anilines is 1. The quantitative estimate of drug-likeness (QED) is 0.889. The molecular formula is C14H12FNO3. The van der Waals surface area contributed by atoms with Crippen molar-refractivity contribution < 1.29 is 19.0 Å². The Morgan fingerprint density at radius 3 is 2.63 bits per heavy atom. The maximum Gasteiger partial charge on any atom is 0.262 e. The highest BCUT2D eigenvalue weighted by Gasteiger charge is 2.04. The Labute approximate surface area is 109 Å². The van der Waals surface area contributed by atoms with Gasteiger partial charge < -0.3 is 15.2 Å². The van der Waals surface area contributed by atoms with Crippen LogP contribution in [0.2, 0.25) is 0 Å². The van der Waals surface area contributed by atoms with E-state index >= 15 is 0 Å². The summed E-state index contributed by atoms with van der Waals surface area (Å²) in [4.78, 5) is 11.6. The maximum absolute atomic E-state index is 12.9. The molecule has 5 heteroatoms. The number of hydrogen-bond donors (Lipinski definition) is 2. The molecule has 4 nitrogen and oxygen atoms in total. The molecule has 0 radical (unpaired) electrons. The van der Waals surface area contributed by atoms with Gasteiger partial charge >= 0.3 is 0 Å². The molecule has 2 aromatic rings. The van der Waals surface area contributed by atoms with Crippen molar-refractivity contribution in [3.63, 3.8) is 0 Å². The monoisotopic (exact) mass is 261 g/mol. The summed E-state index contributed by atoms with van der Waals surface area (Å²) in [7, 11) is 0. The SMILES string of the molecule is O=C(COc1ccc(O)cc1)Nc1cccc(F)c1. The largest absolute Gasteiger partial charge is 0.508 e. The third kappa shape index (κ3) is 3.99. The molecular weight excluding hydrogens is 249 g/mol. The molecule has 2 aromatic carbocycles. The van der Waals surface area contributed by atoms with Gasteiger partial charge in [0.25, 0.3) is 5.91 Å². The van der Waals surface area contributed by atoms with E-state index in [1.807, 2.05) is 0 Å². The Morgan fingerprint density at radius 1 is 1.21 bits per heavy atom. The van der Waals surface area contributed by atoms with Crippen LogP contribution >= 0.6 is 0 Å². The zero-order valence-corrected chi connectivity index (χ0v) is 9.97. The summed E-state index contributed by atoms with van der Waals surface area (Å²) in [6, 6.07) is 11.6. The second kappa shape index (κ2) is 5.86. The Bertz CT molecular complexity index is 569. The van der Waals surface area contributed by atoms with Gasteiger partial charge in [0.1, 0.15) is 17.3 Å². The molecule has 0 heterocycles. The minimum Gasteiger partial charge on any atom is -0.508 e. The van der Waals surface area contributed by atoms with E-state index in [4.69, 9.17) is 9.84 Å². The summed E-state index contributed by atoms with van der Waals surface area (Å²) >= 11 is 0. The van der Waals surface area contributed by atoms with E-state index in [1.54, 1.807) is 18.2 Å². The van der Waals surface area contributed by atoms with Crippen LogP contribution in [0.3, 0.4) is 0 Å². The number of phenolic OH excluding ortho intramolecular Hbond substituents is 1. The van der Waals surface area contributed by atoms with Crippen LogP contribution < -0.4 is 10.1 Å². The van der Waals surface area contributed by atoms with E-state index in [2.05, 4.69) is 5.32 Å². The summed E-state index contributed by atoms with van der Waals surface area (Å²) in [5.41, 5.74) is 0.374. The minimum absolute atomic E-state index is 0.122. The van der Waals surface area contributed by atoms with Crippen LogP contribution in [0.15, 0.2) is 48.5 Å². The normalized spacial score (nSPS) is 9.95. The summed E-state index contributed by atoms with van der Waals surface area (Å²) in [6.07, 6.45) is 0. The molecule has 0 aliphatic rings. The van der Waals surface area contributed by atoms with Crippen LogP contribution in [0, 0.1) is 5.82 Å². The van der Waals surface area contributed by atoms with E-state index < -0.39 is 11.7 Å². The molecule has 0 aliphatic heterocycles. The van der Waals surface area contributed by atoms with Crippen LogP contribution in [0.25, 0.3) is 0 Å². The predicted molar refractivity (Wildman–Crippen MR) is 68.6 cm³/mol. The van der Waals surface area contributed by atoms with Gasteiger partial charge in [-0.25, -0.2) is 4.39 Å². The molecule has 0 saturated carbocycles. The lowest BCUT2D eigenvalue weighted by atomic mass is 10.3.